The maximum Gasteiger partial charge on any atom is 0.276 e. The Labute approximate surface area is 240 Å². The van der Waals surface area contributed by atoms with E-state index in [-0.39, 0.29) is 34.7 Å². The van der Waals surface area contributed by atoms with E-state index >= 15 is 0 Å². The maximum atomic E-state index is 13.7. The summed E-state index contributed by atoms with van der Waals surface area (Å²) in [5.41, 5.74) is 0.310. The molecule has 3 aliphatic heterocycles. The van der Waals surface area contributed by atoms with E-state index in [1.807, 2.05) is 4.90 Å². The summed E-state index contributed by atoms with van der Waals surface area (Å²) in [6.07, 6.45) is 4.54. The van der Waals surface area contributed by atoms with Crippen molar-refractivity contribution >= 4 is 54.7 Å². The first-order chi connectivity index (χ1) is 19.5. The zero-order chi connectivity index (χ0) is 28.8. The van der Waals surface area contributed by atoms with E-state index in [4.69, 9.17) is 0 Å². The van der Waals surface area contributed by atoms with Crippen LogP contribution in [0.2, 0.25) is 0 Å². The average Bonchev–Trinajstić information content (AvgIpc) is 3.60. The van der Waals surface area contributed by atoms with Crippen molar-refractivity contribution in [2.45, 2.75) is 44.3 Å². The number of amides is 2. The Morgan fingerprint density at radius 1 is 1.22 bits per heavy atom. The van der Waals surface area contributed by atoms with Gasteiger partial charge >= 0.3 is 0 Å². The summed E-state index contributed by atoms with van der Waals surface area (Å²) < 4.78 is 25.4. The average molecular weight is 598 g/mol. The van der Waals surface area contributed by atoms with Crippen LogP contribution in [-0.4, -0.2) is 89.3 Å². The third-order valence-corrected chi connectivity index (χ3v) is 11.9. The summed E-state index contributed by atoms with van der Waals surface area (Å²) in [5.74, 6) is -0.444. The van der Waals surface area contributed by atoms with Crippen LogP contribution in [0.15, 0.2) is 17.2 Å². The van der Waals surface area contributed by atoms with Crippen molar-refractivity contribution in [2.24, 2.45) is 5.92 Å². The van der Waals surface area contributed by atoms with Crippen LogP contribution in [0.5, 0.6) is 0 Å². The third-order valence-electron chi connectivity index (χ3n) is 8.95. The second-order valence-corrected chi connectivity index (χ2v) is 15.1. The van der Waals surface area contributed by atoms with Gasteiger partial charge in [0.05, 0.1) is 16.9 Å². The lowest BCUT2D eigenvalue weighted by atomic mass is 9.87. The molecule has 7 rings (SSSR count). The van der Waals surface area contributed by atoms with Crippen LogP contribution in [0.4, 0.5) is 11.5 Å². The van der Waals surface area contributed by atoms with Gasteiger partial charge in [-0.15, -0.1) is 11.3 Å². The molecule has 0 aromatic carbocycles. The molecule has 2 atom stereocenters. The SMILES string of the molecule is Cc1cc(Nc2ncnc3sc4c(c23)CC[C@H](C(=O)N2CC[C@H](N(C)C)C2)C4)c(=O)n2c1C(=O)NC21CS(=O)(=O)C1. The van der Waals surface area contributed by atoms with Gasteiger partial charge in [-0.25, -0.2) is 18.4 Å². The van der Waals surface area contributed by atoms with Gasteiger partial charge in [-0.05, 0) is 63.9 Å². The fourth-order valence-electron chi connectivity index (χ4n) is 6.90. The number of sulfone groups is 1. The van der Waals surface area contributed by atoms with Gasteiger partial charge in [-0.3, -0.25) is 19.0 Å². The number of anilines is 2. The summed E-state index contributed by atoms with van der Waals surface area (Å²) >= 11 is 1.56. The van der Waals surface area contributed by atoms with Crippen molar-refractivity contribution in [3.8, 4) is 0 Å². The predicted molar refractivity (Wildman–Crippen MR) is 154 cm³/mol. The van der Waals surface area contributed by atoms with E-state index in [1.54, 1.807) is 24.3 Å². The van der Waals surface area contributed by atoms with Gasteiger partial charge in [0.15, 0.2) is 9.84 Å². The summed E-state index contributed by atoms with van der Waals surface area (Å²) in [7, 11) is 0.773. The van der Waals surface area contributed by atoms with E-state index in [0.29, 0.717) is 30.3 Å². The van der Waals surface area contributed by atoms with Crippen molar-refractivity contribution in [1.82, 2.24) is 29.7 Å². The predicted octanol–water partition coefficient (Wildman–Crippen LogP) is 0.997. The number of pyridine rings is 1. The molecule has 0 bridgehead atoms. The van der Waals surface area contributed by atoms with Gasteiger partial charge < -0.3 is 20.4 Å². The number of fused-ring (bicyclic) bond motifs is 5. The molecular formula is C27H31N7O5S2. The highest BCUT2D eigenvalue weighted by molar-refractivity contribution is 7.92. The Bertz CT molecular complexity index is 1800. The van der Waals surface area contributed by atoms with Gasteiger partial charge in [0.25, 0.3) is 11.5 Å². The summed E-state index contributed by atoms with van der Waals surface area (Å²) in [5, 5.41) is 6.76. The van der Waals surface area contributed by atoms with Crippen LogP contribution in [0, 0.1) is 12.8 Å². The highest BCUT2D eigenvalue weighted by atomic mass is 32.2. The van der Waals surface area contributed by atoms with Gasteiger partial charge in [-0.1, -0.05) is 0 Å². The zero-order valence-corrected chi connectivity index (χ0v) is 24.7. The van der Waals surface area contributed by atoms with Crippen LogP contribution in [-0.2, 0) is 33.1 Å². The Morgan fingerprint density at radius 2 is 2.00 bits per heavy atom. The summed E-state index contributed by atoms with van der Waals surface area (Å²) in [6.45, 7) is 3.29. The number of likely N-dealkylation sites (N-methyl/N-ethyl adjacent to an activating group) is 1. The second kappa shape index (κ2) is 9.07. The Kier molecular flexibility index (Phi) is 5.87. The van der Waals surface area contributed by atoms with Crippen LogP contribution in [0.1, 0.15) is 39.3 Å². The van der Waals surface area contributed by atoms with Crippen LogP contribution in [0.25, 0.3) is 10.2 Å². The standard InChI is InChI=1S/C27H31N7O5S2/c1-14-8-18(26(37)34-21(14)23(35)31-27(34)11-41(38,39)12-27)30-22-20-17-5-4-15(9-19(17)40-24(20)29-13-28-22)25(36)33-7-6-16(10-33)32(2)3/h8,13,15-16H,4-7,9-12H2,1-3H3,(H,31,35)(H,28,29,30)/t15-,16-/m0/s1. The fraction of sp³-hybridized carbons (Fsp3) is 0.519. The maximum absolute atomic E-state index is 13.7. The number of hydrogen-bond acceptors (Lipinski definition) is 10. The number of aryl methyl sites for hydroxylation is 2. The molecule has 14 heteroatoms. The van der Waals surface area contributed by atoms with E-state index in [0.717, 1.165) is 46.6 Å². The summed E-state index contributed by atoms with van der Waals surface area (Å²) in [4.78, 5) is 54.8. The minimum Gasteiger partial charge on any atom is -0.341 e. The van der Waals surface area contributed by atoms with Gasteiger partial charge in [0.2, 0.25) is 5.91 Å². The highest BCUT2D eigenvalue weighted by Gasteiger charge is 2.57. The van der Waals surface area contributed by atoms with Crippen molar-refractivity contribution in [3.63, 3.8) is 0 Å². The number of likely N-dealkylation sites (tertiary alicyclic amines) is 1. The monoisotopic (exact) mass is 597 g/mol. The molecule has 12 nitrogen and oxygen atoms in total. The minimum atomic E-state index is -3.34. The molecule has 216 valence electrons. The van der Waals surface area contributed by atoms with Crippen LogP contribution in [0.3, 0.4) is 0 Å². The molecule has 3 aromatic rings. The first-order valence-corrected chi connectivity index (χ1v) is 16.4. The molecule has 1 aliphatic carbocycles. The number of aromatic nitrogens is 3. The van der Waals surface area contributed by atoms with E-state index in [9.17, 15) is 22.8 Å². The van der Waals surface area contributed by atoms with Gasteiger partial charge in [-0.2, -0.15) is 0 Å². The van der Waals surface area contributed by atoms with Crippen molar-refractivity contribution < 1.29 is 18.0 Å². The number of carbonyl (C=O) groups is 2. The topological polar surface area (TPSA) is 147 Å². The normalized spacial score (nSPS) is 23.9. The van der Waals surface area contributed by atoms with Gasteiger partial charge in [0, 0.05) is 29.9 Å². The molecule has 1 spiro atoms. The first kappa shape index (κ1) is 26.5. The smallest absolute Gasteiger partial charge is 0.276 e. The number of nitrogens with one attached hydrogen (secondary N) is 2. The highest BCUT2D eigenvalue weighted by Crippen LogP contribution is 2.41. The molecule has 0 saturated carbocycles. The largest absolute Gasteiger partial charge is 0.341 e. The number of thiophene rings is 1. The lowest BCUT2D eigenvalue weighted by Crippen LogP contribution is -2.64. The quantitative estimate of drug-likeness (QED) is 0.450. The summed E-state index contributed by atoms with van der Waals surface area (Å²) in [6, 6.07) is 2.01. The van der Waals surface area contributed by atoms with Crippen LogP contribution < -0.4 is 16.2 Å². The van der Waals surface area contributed by atoms with E-state index in [2.05, 4.69) is 39.6 Å². The van der Waals surface area contributed by atoms with Crippen molar-refractivity contribution in [1.29, 1.82) is 0 Å². The van der Waals surface area contributed by atoms with E-state index < -0.39 is 27.0 Å². The fourth-order valence-corrected chi connectivity index (χ4v) is 9.94. The number of carbonyl (C=O) groups excluding carboxylic acids is 2. The zero-order valence-electron chi connectivity index (χ0n) is 23.1. The third kappa shape index (κ3) is 4.09. The number of rotatable bonds is 4. The second-order valence-electron chi connectivity index (χ2n) is 11.9. The van der Waals surface area contributed by atoms with Gasteiger partial charge in [0.1, 0.15) is 34.0 Å². The number of hydrogen-bond donors (Lipinski definition) is 2. The first-order valence-electron chi connectivity index (χ1n) is 13.7. The molecular weight excluding hydrogens is 566 g/mol. The minimum absolute atomic E-state index is 0.0650. The molecule has 41 heavy (non-hydrogen) atoms. The Hall–Kier alpha value is -3.36. The van der Waals surface area contributed by atoms with Crippen molar-refractivity contribution in [3.05, 3.63) is 44.4 Å². The molecule has 0 unspecified atom stereocenters. The molecule has 0 radical (unpaired) electrons. The van der Waals surface area contributed by atoms with Crippen LogP contribution >= 0.6 is 11.3 Å². The molecule has 2 saturated heterocycles. The molecule has 2 N–H and O–H groups in total. The molecule has 4 aliphatic rings. The Balaban J connectivity index is 1.20. The molecule has 2 amide bonds. The lowest BCUT2D eigenvalue weighted by molar-refractivity contribution is -0.134. The van der Waals surface area contributed by atoms with Crippen molar-refractivity contribution in [2.75, 3.05) is 44.0 Å². The Morgan fingerprint density at radius 3 is 2.71 bits per heavy atom. The molecule has 3 aromatic heterocycles. The number of nitrogens with zero attached hydrogens (tertiary/aromatic N) is 5. The molecule has 6 heterocycles. The van der Waals surface area contributed by atoms with E-state index in [1.165, 1.54) is 10.9 Å². The lowest BCUT2D eigenvalue weighted by Gasteiger charge is -2.38. The molecule has 2 fully saturated rings.